The number of hydrogen-bond donors (Lipinski definition) is 1. The number of likely N-dealkylation sites (tertiary alicyclic amines) is 1. The van der Waals surface area contributed by atoms with Crippen molar-refractivity contribution in [1.29, 1.82) is 0 Å². The van der Waals surface area contributed by atoms with Gasteiger partial charge in [-0.25, -0.2) is 12.7 Å². The van der Waals surface area contributed by atoms with E-state index in [4.69, 9.17) is 0 Å². The fourth-order valence-corrected chi connectivity index (χ4v) is 6.29. The van der Waals surface area contributed by atoms with E-state index in [1.54, 1.807) is 0 Å². The van der Waals surface area contributed by atoms with Gasteiger partial charge in [-0.15, -0.1) is 11.3 Å². The van der Waals surface area contributed by atoms with Gasteiger partial charge in [0.1, 0.15) is 0 Å². The second-order valence-corrected chi connectivity index (χ2v) is 10.0. The molecule has 9 heteroatoms. The van der Waals surface area contributed by atoms with Crippen LogP contribution in [0.4, 0.5) is 0 Å². The van der Waals surface area contributed by atoms with Gasteiger partial charge in [-0.1, -0.05) is 12.8 Å². The summed E-state index contributed by atoms with van der Waals surface area (Å²) in [7, 11) is -0.621. The minimum Gasteiger partial charge on any atom is -0.354 e. The molecule has 3 rings (SSSR count). The first-order valence-corrected chi connectivity index (χ1v) is 11.2. The summed E-state index contributed by atoms with van der Waals surface area (Å²) in [5.74, 6) is -0.141. The highest BCUT2D eigenvalue weighted by Crippen LogP contribution is 2.30. The van der Waals surface area contributed by atoms with E-state index >= 15 is 0 Å². The van der Waals surface area contributed by atoms with E-state index in [1.807, 2.05) is 4.90 Å². The summed E-state index contributed by atoms with van der Waals surface area (Å²) in [5, 5.41) is 3.98. The average molecular weight is 400 g/mol. The number of nitrogens with zero attached hydrogens (tertiary/aromatic N) is 2. The third-order valence-electron chi connectivity index (χ3n) is 5.25. The molecule has 1 aliphatic heterocycles. The summed E-state index contributed by atoms with van der Waals surface area (Å²) in [6.45, 7) is 0.943. The van der Waals surface area contributed by atoms with Crippen molar-refractivity contribution in [3.63, 3.8) is 0 Å². The van der Waals surface area contributed by atoms with Gasteiger partial charge in [0.15, 0.2) is 0 Å². The molecule has 144 valence electrons. The zero-order valence-electron chi connectivity index (χ0n) is 15.1. The maximum atomic E-state index is 12.8. The molecule has 1 saturated carbocycles. The molecule has 0 bridgehead atoms. The Bertz CT molecular complexity index is 784. The number of hydrogen-bond acceptors (Lipinski definition) is 5. The molecule has 7 nitrogen and oxygen atoms in total. The van der Waals surface area contributed by atoms with Crippen LogP contribution >= 0.6 is 11.3 Å². The molecule has 2 aliphatic rings. The predicted molar refractivity (Wildman–Crippen MR) is 99.6 cm³/mol. The van der Waals surface area contributed by atoms with Gasteiger partial charge in [0.05, 0.1) is 9.77 Å². The predicted octanol–water partition coefficient (Wildman–Crippen LogP) is 1.52. The van der Waals surface area contributed by atoms with Crippen molar-refractivity contribution >= 4 is 33.2 Å². The van der Waals surface area contributed by atoms with Crippen molar-refractivity contribution < 1.29 is 18.0 Å². The molecule has 1 atom stereocenters. The zero-order chi connectivity index (χ0) is 18.9. The third kappa shape index (κ3) is 3.79. The van der Waals surface area contributed by atoms with Crippen molar-refractivity contribution in [2.45, 2.75) is 43.0 Å². The summed E-state index contributed by atoms with van der Waals surface area (Å²) in [6, 6.07) is 1.74. The van der Waals surface area contributed by atoms with E-state index in [2.05, 4.69) is 5.32 Å². The highest BCUT2D eigenvalue weighted by atomic mass is 32.2. The number of carbonyl (C=O) groups excluding carboxylic acids is 2. The second kappa shape index (κ2) is 7.66. The Hall–Kier alpha value is -1.45. The summed E-state index contributed by atoms with van der Waals surface area (Å²) in [5.41, 5.74) is 0. The fourth-order valence-electron chi connectivity index (χ4n) is 3.84. The van der Waals surface area contributed by atoms with Crippen LogP contribution in [0.25, 0.3) is 0 Å². The molecule has 0 aromatic carbocycles. The Morgan fingerprint density at radius 1 is 1.38 bits per heavy atom. The van der Waals surface area contributed by atoms with E-state index in [0.717, 1.165) is 24.2 Å². The smallest absolute Gasteiger partial charge is 0.261 e. The van der Waals surface area contributed by atoms with Crippen LogP contribution in [0.5, 0.6) is 0 Å². The summed E-state index contributed by atoms with van der Waals surface area (Å²) >= 11 is 1.11. The first kappa shape index (κ1) is 19.3. The molecule has 1 aliphatic carbocycles. The van der Waals surface area contributed by atoms with Gasteiger partial charge in [-0.2, -0.15) is 0 Å². The van der Waals surface area contributed by atoms with Crippen LogP contribution in [0, 0.1) is 5.92 Å². The largest absolute Gasteiger partial charge is 0.354 e. The number of thiophene rings is 1. The van der Waals surface area contributed by atoms with Crippen molar-refractivity contribution in [3.05, 3.63) is 16.3 Å². The Kier molecular flexibility index (Phi) is 5.69. The first-order valence-electron chi connectivity index (χ1n) is 8.89. The van der Waals surface area contributed by atoms with Gasteiger partial charge in [0.2, 0.25) is 15.9 Å². The van der Waals surface area contributed by atoms with Crippen LogP contribution in [0.15, 0.2) is 16.3 Å². The molecular formula is C17H25N3O4S2. The summed E-state index contributed by atoms with van der Waals surface area (Å²) in [6.07, 6.45) is 4.86. The van der Waals surface area contributed by atoms with Gasteiger partial charge in [-0.05, 0) is 24.8 Å². The Balaban J connectivity index is 1.65. The van der Waals surface area contributed by atoms with Crippen molar-refractivity contribution in [1.82, 2.24) is 14.5 Å². The maximum absolute atomic E-state index is 12.8. The molecule has 1 N–H and O–H groups in total. The normalized spacial score (nSPS) is 21.7. The van der Waals surface area contributed by atoms with Crippen LogP contribution in [-0.2, 0) is 14.8 Å². The standard InChI is InChI=1S/C17H25N3O4S2/c1-18-17(22)15-8-14(11-25-15)26(23,24)19(2)9-12-7-16(21)20(10-12)13-5-3-4-6-13/h8,11-13H,3-7,9-10H2,1-2H3,(H,18,22). The van der Waals surface area contributed by atoms with Crippen LogP contribution in [-0.4, -0.2) is 62.7 Å². The molecule has 2 fully saturated rings. The lowest BCUT2D eigenvalue weighted by molar-refractivity contribution is -0.129. The minimum absolute atomic E-state index is 0.0138. The maximum Gasteiger partial charge on any atom is 0.261 e. The van der Waals surface area contributed by atoms with E-state index in [0.29, 0.717) is 30.4 Å². The Morgan fingerprint density at radius 3 is 2.73 bits per heavy atom. The first-order chi connectivity index (χ1) is 12.3. The van der Waals surface area contributed by atoms with Crippen LogP contribution in [0.2, 0.25) is 0 Å². The quantitative estimate of drug-likeness (QED) is 0.786. The van der Waals surface area contributed by atoms with Crippen LogP contribution in [0.3, 0.4) is 0 Å². The second-order valence-electron chi connectivity index (χ2n) is 7.07. The van der Waals surface area contributed by atoms with E-state index in [1.165, 1.54) is 42.7 Å². The molecule has 2 amide bonds. The van der Waals surface area contributed by atoms with Crippen molar-refractivity contribution in [2.24, 2.45) is 5.92 Å². The summed E-state index contributed by atoms with van der Waals surface area (Å²) < 4.78 is 26.8. The van der Waals surface area contributed by atoms with Gasteiger partial charge in [0.25, 0.3) is 5.91 Å². The molecule has 1 aromatic heterocycles. The molecule has 1 unspecified atom stereocenters. The van der Waals surface area contributed by atoms with Gasteiger partial charge in [0, 0.05) is 45.0 Å². The molecule has 1 saturated heterocycles. The van der Waals surface area contributed by atoms with Gasteiger partial charge in [-0.3, -0.25) is 9.59 Å². The van der Waals surface area contributed by atoms with Gasteiger partial charge < -0.3 is 10.2 Å². The topological polar surface area (TPSA) is 86.8 Å². The fraction of sp³-hybridized carbons (Fsp3) is 0.647. The molecule has 0 spiro atoms. The number of nitrogens with one attached hydrogen (secondary N) is 1. The number of rotatable bonds is 6. The average Bonchev–Trinajstić information content (AvgIpc) is 3.34. The Labute approximate surface area is 158 Å². The van der Waals surface area contributed by atoms with Crippen molar-refractivity contribution in [3.8, 4) is 0 Å². The molecule has 1 aromatic rings. The van der Waals surface area contributed by atoms with E-state index < -0.39 is 10.0 Å². The van der Waals surface area contributed by atoms with Crippen molar-refractivity contribution in [2.75, 3.05) is 27.2 Å². The number of carbonyl (C=O) groups is 2. The van der Waals surface area contributed by atoms with Crippen LogP contribution in [0.1, 0.15) is 41.8 Å². The lowest BCUT2D eigenvalue weighted by Crippen LogP contribution is -2.36. The SMILES string of the molecule is CNC(=O)c1cc(S(=O)(=O)N(C)CC2CC(=O)N(C3CCCC3)C2)cs1. The highest BCUT2D eigenvalue weighted by molar-refractivity contribution is 7.89. The van der Waals surface area contributed by atoms with Gasteiger partial charge >= 0.3 is 0 Å². The van der Waals surface area contributed by atoms with E-state index in [-0.39, 0.29) is 22.6 Å². The zero-order valence-corrected chi connectivity index (χ0v) is 16.7. The molecule has 0 radical (unpaired) electrons. The van der Waals surface area contributed by atoms with Crippen LogP contribution < -0.4 is 5.32 Å². The molecular weight excluding hydrogens is 374 g/mol. The molecule has 2 heterocycles. The monoisotopic (exact) mass is 399 g/mol. The lowest BCUT2D eigenvalue weighted by atomic mass is 10.1. The molecule has 26 heavy (non-hydrogen) atoms. The summed E-state index contributed by atoms with van der Waals surface area (Å²) in [4.78, 5) is 26.4. The Morgan fingerprint density at radius 2 is 2.08 bits per heavy atom. The number of amides is 2. The number of sulfonamides is 1. The third-order valence-corrected chi connectivity index (χ3v) is 8.13. The van der Waals surface area contributed by atoms with E-state index in [9.17, 15) is 18.0 Å². The lowest BCUT2D eigenvalue weighted by Gasteiger charge is -2.25. The minimum atomic E-state index is -3.67. The highest BCUT2D eigenvalue weighted by Gasteiger charge is 2.37.